The molecule has 0 amide bonds. The Balaban J connectivity index is 2.43. The molecule has 1 aliphatic heterocycles. The smallest absolute Gasteiger partial charge is 0.0638 e. The lowest BCUT2D eigenvalue weighted by atomic mass is 9.83. The first kappa shape index (κ1) is 9.01. The van der Waals surface area contributed by atoms with Crippen LogP contribution in [0.4, 0.5) is 0 Å². The molecule has 1 unspecified atom stereocenters. The van der Waals surface area contributed by atoms with Gasteiger partial charge in [-0.1, -0.05) is 13.8 Å². The summed E-state index contributed by atoms with van der Waals surface area (Å²) in [4.78, 5) is 0. The van der Waals surface area contributed by atoms with E-state index in [0.29, 0.717) is 6.10 Å². The molecule has 2 heteroatoms. The molecule has 66 valence electrons. The molecule has 0 bridgehead atoms. The molecule has 0 saturated carbocycles. The van der Waals surface area contributed by atoms with Crippen molar-refractivity contribution in [1.29, 1.82) is 0 Å². The van der Waals surface area contributed by atoms with Crippen LogP contribution in [-0.2, 0) is 4.74 Å². The first-order valence-corrected chi connectivity index (χ1v) is 4.48. The number of nitrogens with two attached hydrogens (primary N) is 1. The molecule has 0 aromatic heterocycles. The van der Waals surface area contributed by atoms with E-state index in [0.717, 1.165) is 13.2 Å². The molecule has 2 nitrogen and oxygen atoms in total. The average Bonchev–Trinajstić information content (AvgIpc) is 2.06. The molecule has 0 spiro atoms. The Morgan fingerprint density at radius 2 is 2.18 bits per heavy atom. The highest BCUT2D eigenvalue weighted by atomic mass is 16.5. The molecule has 11 heavy (non-hydrogen) atoms. The molecule has 1 aliphatic rings. The molecular weight excluding hydrogens is 138 g/mol. The minimum Gasteiger partial charge on any atom is -0.378 e. The third kappa shape index (κ3) is 2.17. The number of rotatable bonds is 2. The number of hydrogen-bond donors (Lipinski definition) is 1. The average molecular weight is 157 g/mol. The lowest BCUT2D eigenvalue weighted by Gasteiger charge is -2.35. The van der Waals surface area contributed by atoms with Gasteiger partial charge in [-0.3, -0.25) is 0 Å². The van der Waals surface area contributed by atoms with Gasteiger partial charge in [-0.05, 0) is 25.8 Å². The van der Waals surface area contributed by atoms with Crippen molar-refractivity contribution in [1.82, 2.24) is 0 Å². The highest BCUT2D eigenvalue weighted by Crippen LogP contribution is 2.28. The fourth-order valence-electron chi connectivity index (χ4n) is 1.49. The molecule has 1 rings (SSSR count). The van der Waals surface area contributed by atoms with E-state index in [1.54, 1.807) is 0 Å². The summed E-state index contributed by atoms with van der Waals surface area (Å²) in [7, 11) is 0. The van der Waals surface area contributed by atoms with E-state index in [-0.39, 0.29) is 5.41 Å². The Hall–Kier alpha value is -0.0800. The maximum atomic E-state index is 5.66. The largest absolute Gasteiger partial charge is 0.378 e. The lowest BCUT2D eigenvalue weighted by Crippen LogP contribution is -2.40. The zero-order chi connectivity index (χ0) is 8.32. The Morgan fingerprint density at radius 3 is 2.64 bits per heavy atom. The summed E-state index contributed by atoms with van der Waals surface area (Å²) in [5.41, 5.74) is 5.82. The van der Waals surface area contributed by atoms with Crippen LogP contribution >= 0.6 is 0 Å². The molecule has 0 aliphatic carbocycles. The van der Waals surface area contributed by atoms with E-state index in [9.17, 15) is 0 Å². The monoisotopic (exact) mass is 157 g/mol. The summed E-state index contributed by atoms with van der Waals surface area (Å²) in [6.07, 6.45) is 4.09. The van der Waals surface area contributed by atoms with Crippen molar-refractivity contribution in [2.24, 2.45) is 11.1 Å². The highest BCUT2D eigenvalue weighted by Gasteiger charge is 2.29. The summed E-state index contributed by atoms with van der Waals surface area (Å²) in [6.45, 7) is 6.01. The zero-order valence-electron chi connectivity index (χ0n) is 7.60. The van der Waals surface area contributed by atoms with Gasteiger partial charge >= 0.3 is 0 Å². The van der Waals surface area contributed by atoms with Crippen LogP contribution in [0.3, 0.4) is 0 Å². The second-order valence-electron chi connectivity index (χ2n) is 4.05. The minimum atomic E-state index is 0.167. The van der Waals surface area contributed by atoms with Gasteiger partial charge < -0.3 is 10.5 Å². The summed E-state index contributed by atoms with van der Waals surface area (Å²) >= 11 is 0. The molecule has 2 N–H and O–H groups in total. The van der Waals surface area contributed by atoms with Crippen LogP contribution in [0.5, 0.6) is 0 Å². The van der Waals surface area contributed by atoms with E-state index in [4.69, 9.17) is 10.5 Å². The third-order valence-corrected chi connectivity index (χ3v) is 2.58. The van der Waals surface area contributed by atoms with Gasteiger partial charge in [-0.15, -0.1) is 0 Å². The number of ether oxygens (including phenoxy) is 1. The van der Waals surface area contributed by atoms with Gasteiger partial charge in [-0.2, -0.15) is 0 Å². The predicted molar refractivity (Wildman–Crippen MR) is 46.4 cm³/mol. The zero-order valence-corrected chi connectivity index (χ0v) is 7.60. The molecule has 1 heterocycles. The summed E-state index contributed by atoms with van der Waals surface area (Å²) in [6, 6.07) is 0. The molecule has 1 fully saturated rings. The normalized spacial score (nSPS) is 27.0. The van der Waals surface area contributed by atoms with Gasteiger partial charge in [0.2, 0.25) is 0 Å². The van der Waals surface area contributed by atoms with Gasteiger partial charge in [0, 0.05) is 12.0 Å². The topological polar surface area (TPSA) is 35.2 Å². The van der Waals surface area contributed by atoms with Crippen molar-refractivity contribution in [3.63, 3.8) is 0 Å². The molecule has 0 radical (unpaired) electrons. The van der Waals surface area contributed by atoms with Crippen LogP contribution < -0.4 is 5.73 Å². The third-order valence-electron chi connectivity index (χ3n) is 2.58. The molecular formula is C9H19NO. The molecule has 0 aromatic rings. The van der Waals surface area contributed by atoms with Gasteiger partial charge in [0.25, 0.3) is 0 Å². The van der Waals surface area contributed by atoms with Crippen LogP contribution in [0.15, 0.2) is 0 Å². The summed E-state index contributed by atoms with van der Waals surface area (Å²) < 4.78 is 5.65. The van der Waals surface area contributed by atoms with E-state index >= 15 is 0 Å². The van der Waals surface area contributed by atoms with E-state index < -0.39 is 0 Å². The van der Waals surface area contributed by atoms with Crippen LogP contribution in [-0.4, -0.2) is 19.3 Å². The van der Waals surface area contributed by atoms with Crippen molar-refractivity contribution in [3.8, 4) is 0 Å². The van der Waals surface area contributed by atoms with Crippen molar-refractivity contribution < 1.29 is 4.74 Å². The van der Waals surface area contributed by atoms with Gasteiger partial charge in [0.1, 0.15) is 0 Å². The first-order valence-electron chi connectivity index (χ1n) is 4.48. The molecule has 1 saturated heterocycles. The molecule has 0 aromatic carbocycles. The van der Waals surface area contributed by atoms with E-state index in [2.05, 4.69) is 13.8 Å². The van der Waals surface area contributed by atoms with Crippen LogP contribution in [0, 0.1) is 5.41 Å². The fraction of sp³-hybridized carbons (Fsp3) is 1.00. The van der Waals surface area contributed by atoms with Gasteiger partial charge in [0.05, 0.1) is 6.10 Å². The Bertz CT molecular complexity index is 117. The second-order valence-corrected chi connectivity index (χ2v) is 4.05. The Morgan fingerprint density at radius 1 is 1.45 bits per heavy atom. The van der Waals surface area contributed by atoms with Crippen LogP contribution in [0.2, 0.25) is 0 Å². The quantitative estimate of drug-likeness (QED) is 0.660. The summed E-state index contributed by atoms with van der Waals surface area (Å²) in [5, 5.41) is 0. The van der Waals surface area contributed by atoms with E-state index in [1.807, 2.05) is 0 Å². The van der Waals surface area contributed by atoms with E-state index in [1.165, 1.54) is 19.3 Å². The van der Waals surface area contributed by atoms with Gasteiger partial charge in [0.15, 0.2) is 0 Å². The van der Waals surface area contributed by atoms with Gasteiger partial charge in [-0.25, -0.2) is 0 Å². The maximum absolute atomic E-state index is 5.66. The predicted octanol–water partition coefficient (Wildman–Crippen LogP) is 1.54. The number of hydrogen-bond acceptors (Lipinski definition) is 2. The van der Waals surface area contributed by atoms with Crippen molar-refractivity contribution in [2.75, 3.05) is 13.2 Å². The summed E-state index contributed by atoms with van der Waals surface area (Å²) in [5.74, 6) is 0. The standard InChI is InChI=1S/C9H19NO/c1-9(2,7-10)8-5-3-4-6-11-8/h8H,3-7,10H2,1-2H3. The maximum Gasteiger partial charge on any atom is 0.0638 e. The Labute approximate surface area is 69.1 Å². The van der Waals surface area contributed by atoms with Crippen LogP contribution in [0.1, 0.15) is 33.1 Å². The second kappa shape index (κ2) is 3.55. The van der Waals surface area contributed by atoms with Crippen LogP contribution in [0.25, 0.3) is 0 Å². The first-order chi connectivity index (χ1) is 5.17. The fourth-order valence-corrected chi connectivity index (χ4v) is 1.49. The van der Waals surface area contributed by atoms with Crippen molar-refractivity contribution >= 4 is 0 Å². The van der Waals surface area contributed by atoms with Crippen molar-refractivity contribution in [3.05, 3.63) is 0 Å². The highest BCUT2D eigenvalue weighted by molar-refractivity contribution is 4.81. The SMILES string of the molecule is CC(C)(CN)C1CCCCO1. The minimum absolute atomic E-state index is 0.167. The van der Waals surface area contributed by atoms with Crippen molar-refractivity contribution in [2.45, 2.75) is 39.2 Å². The lowest BCUT2D eigenvalue weighted by molar-refractivity contribution is -0.0509. The molecule has 1 atom stereocenters. The Kier molecular flexibility index (Phi) is 2.90.